The summed E-state index contributed by atoms with van der Waals surface area (Å²) in [4.78, 5) is 4.23. The van der Waals surface area contributed by atoms with Gasteiger partial charge in [0.15, 0.2) is 0 Å². The number of hydrogen-bond donors (Lipinski definition) is 1. The van der Waals surface area contributed by atoms with Crippen molar-refractivity contribution in [2.24, 2.45) is 0 Å². The average Bonchev–Trinajstić information content (AvgIpc) is 2.41. The van der Waals surface area contributed by atoms with E-state index in [0.29, 0.717) is 10.6 Å². The molecule has 0 fully saturated rings. The smallest absolute Gasteiger partial charge is 0.262 e. The molecule has 0 atom stereocenters. The van der Waals surface area contributed by atoms with Crippen LogP contribution in [0.2, 0.25) is 0 Å². The summed E-state index contributed by atoms with van der Waals surface area (Å²) >= 11 is 0. The summed E-state index contributed by atoms with van der Waals surface area (Å²) in [5.74, 6) is 0. The zero-order valence-electron chi connectivity index (χ0n) is 12.1. The molecule has 0 unspecified atom stereocenters. The Balaban J connectivity index is 2.51. The van der Waals surface area contributed by atoms with Gasteiger partial charge >= 0.3 is 0 Å². The number of rotatable bonds is 3. The molecule has 106 valence electrons. The van der Waals surface area contributed by atoms with Crippen LogP contribution in [0.25, 0.3) is 0 Å². The first-order chi connectivity index (χ1) is 9.33. The Morgan fingerprint density at radius 1 is 1.05 bits per heavy atom. The fourth-order valence-electron chi connectivity index (χ4n) is 2.09. The molecule has 0 aliphatic rings. The lowest BCUT2D eigenvalue weighted by molar-refractivity contribution is 0.600. The second-order valence-electron chi connectivity index (χ2n) is 4.91. The van der Waals surface area contributed by atoms with Gasteiger partial charge in [0.25, 0.3) is 10.0 Å². The Kier molecular flexibility index (Phi) is 3.81. The van der Waals surface area contributed by atoms with Crippen LogP contribution in [0.5, 0.6) is 0 Å². The topological polar surface area (TPSA) is 59.1 Å². The van der Waals surface area contributed by atoms with Gasteiger partial charge in [0.05, 0.1) is 16.8 Å². The van der Waals surface area contributed by atoms with E-state index in [4.69, 9.17) is 0 Å². The lowest BCUT2D eigenvalue weighted by Gasteiger charge is -2.15. The molecule has 20 heavy (non-hydrogen) atoms. The van der Waals surface area contributed by atoms with Gasteiger partial charge in [-0.1, -0.05) is 0 Å². The van der Waals surface area contributed by atoms with Crippen molar-refractivity contribution in [1.82, 2.24) is 4.98 Å². The number of anilines is 1. The third kappa shape index (κ3) is 2.67. The number of nitrogens with one attached hydrogen (secondary N) is 1. The van der Waals surface area contributed by atoms with Crippen molar-refractivity contribution >= 4 is 15.7 Å². The van der Waals surface area contributed by atoms with E-state index in [-0.39, 0.29) is 0 Å². The quantitative estimate of drug-likeness (QED) is 0.945. The summed E-state index contributed by atoms with van der Waals surface area (Å²) < 4.78 is 27.6. The first-order valence-electron chi connectivity index (χ1n) is 6.33. The van der Waals surface area contributed by atoms with Crippen LogP contribution < -0.4 is 4.72 Å². The zero-order chi connectivity index (χ0) is 14.9. The Bertz CT molecular complexity index is 738. The number of aryl methyl sites for hydroxylation is 1. The van der Waals surface area contributed by atoms with Crippen LogP contribution >= 0.6 is 0 Å². The maximum Gasteiger partial charge on any atom is 0.262 e. The molecule has 4 nitrogen and oxygen atoms in total. The van der Waals surface area contributed by atoms with Crippen LogP contribution in [0, 0.1) is 27.7 Å². The number of nitrogens with zero attached hydrogens (tertiary/aromatic N) is 1. The predicted molar refractivity (Wildman–Crippen MR) is 80.4 cm³/mol. The zero-order valence-corrected chi connectivity index (χ0v) is 12.9. The van der Waals surface area contributed by atoms with E-state index in [1.165, 1.54) is 6.20 Å². The highest BCUT2D eigenvalue weighted by molar-refractivity contribution is 7.92. The van der Waals surface area contributed by atoms with Crippen molar-refractivity contribution < 1.29 is 8.42 Å². The Morgan fingerprint density at radius 2 is 1.75 bits per heavy atom. The van der Waals surface area contributed by atoms with Crippen LogP contribution in [0.1, 0.15) is 22.3 Å². The molecule has 0 aliphatic carbocycles. The van der Waals surface area contributed by atoms with E-state index >= 15 is 0 Å². The van der Waals surface area contributed by atoms with Crippen molar-refractivity contribution in [3.8, 4) is 0 Å². The molecule has 0 spiro atoms. The van der Waals surface area contributed by atoms with Gasteiger partial charge in [0.1, 0.15) is 0 Å². The molecular weight excluding hydrogens is 272 g/mol. The van der Waals surface area contributed by atoms with Crippen molar-refractivity contribution in [3.63, 3.8) is 0 Å². The Morgan fingerprint density at radius 3 is 2.35 bits per heavy atom. The van der Waals surface area contributed by atoms with Gasteiger partial charge in [0.2, 0.25) is 0 Å². The van der Waals surface area contributed by atoms with E-state index in [0.717, 1.165) is 22.3 Å². The number of pyridine rings is 1. The normalized spacial score (nSPS) is 11.4. The third-order valence-corrected chi connectivity index (χ3v) is 5.14. The van der Waals surface area contributed by atoms with Crippen LogP contribution in [0.15, 0.2) is 35.5 Å². The van der Waals surface area contributed by atoms with Crippen molar-refractivity contribution in [1.29, 1.82) is 0 Å². The van der Waals surface area contributed by atoms with E-state index < -0.39 is 10.0 Å². The highest BCUT2D eigenvalue weighted by atomic mass is 32.2. The lowest BCUT2D eigenvalue weighted by atomic mass is 10.00. The molecule has 0 amide bonds. The molecule has 0 radical (unpaired) electrons. The molecule has 0 aliphatic heterocycles. The molecular formula is C15H18N2O2S. The first kappa shape index (κ1) is 14.5. The van der Waals surface area contributed by atoms with Gasteiger partial charge in [-0.3, -0.25) is 9.71 Å². The molecule has 1 aromatic carbocycles. The lowest BCUT2D eigenvalue weighted by Crippen LogP contribution is -2.15. The molecule has 2 aromatic rings. The fraction of sp³-hybridized carbons (Fsp3) is 0.267. The van der Waals surface area contributed by atoms with Gasteiger partial charge in [-0.05, 0) is 68.1 Å². The molecule has 0 bridgehead atoms. The Labute approximate surface area is 119 Å². The summed E-state index contributed by atoms with van der Waals surface area (Å²) in [5.41, 5.74) is 4.35. The summed E-state index contributed by atoms with van der Waals surface area (Å²) in [6.07, 6.45) is 3.09. The highest BCUT2D eigenvalue weighted by Crippen LogP contribution is 2.26. The number of benzene rings is 1. The molecule has 5 heteroatoms. The van der Waals surface area contributed by atoms with E-state index in [9.17, 15) is 8.42 Å². The minimum Gasteiger partial charge on any atom is -0.278 e. The van der Waals surface area contributed by atoms with Crippen LogP contribution in [-0.4, -0.2) is 13.4 Å². The fourth-order valence-corrected chi connectivity index (χ4v) is 3.52. The predicted octanol–water partition coefficient (Wildman–Crippen LogP) is 3.12. The summed E-state index contributed by atoms with van der Waals surface area (Å²) in [5, 5.41) is 0. The van der Waals surface area contributed by atoms with Crippen LogP contribution in [-0.2, 0) is 10.0 Å². The van der Waals surface area contributed by atoms with E-state index in [1.54, 1.807) is 24.4 Å². The molecule has 1 aromatic heterocycles. The van der Waals surface area contributed by atoms with Crippen molar-refractivity contribution in [2.45, 2.75) is 32.6 Å². The van der Waals surface area contributed by atoms with Gasteiger partial charge < -0.3 is 0 Å². The molecule has 0 saturated heterocycles. The summed E-state index contributed by atoms with van der Waals surface area (Å²) in [6.45, 7) is 7.70. The van der Waals surface area contributed by atoms with Crippen LogP contribution in [0.4, 0.5) is 5.69 Å². The maximum absolute atomic E-state index is 12.5. The molecule has 1 N–H and O–H groups in total. The second kappa shape index (κ2) is 5.25. The largest absolute Gasteiger partial charge is 0.278 e. The SMILES string of the molecule is Cc1cc(S(=O)(=O)Nc2cccnc2)c(C)c(C)c1C. The molecule has 1 heterocycles. The van der Waals surface area contributed by atoms with Gasteiger partial charge in [-0.15, -0.1) is 0 Å². The molecule has 0 saturated carbocycles. The molecule has 2 rings (SSSR count). The number of hydrogen-bond acceptors (Lipinski definition) is 3. The summed E-state index contributed by atoms with van der Waals surface area (Å²) in [7, 11) is -3.60. The number of aromatic nitrogens is 1. The van der Waals surface area contributed by atoms with Crippen molar-refractivity contribution in [3.05, 3.63) is 52.8 Å². The first-order valence-corrected chi connectivity index (χ1v) is 7.81. The van der Waals surface area contributed by atoms with Gasteiger partial charge in [0, 0.05) is 6.20 Å². The second-order valence-corrected chi connectivity index (χ2v) is 6.56. The van der Waals surface area contributed by atoms with Gasteiger partial charge in [-0.2, -0.15) is 0 Å². The van der Waals surface area contributed by atoms with E-state index in [2.05, 4.69) is 9.71 Å². The third-order valence-electron chi connectivity index (χ3n) is 3.64. The minimum atomic E-state index is -3.60. The monoisotopic (exact) mass is 290 g/mol. The van der Waals surface area contributed by atoms with Crippen molar-refractivity contribution in [2.75, 3.05) is 4.72 Å². The highest BCUT2D eigenvalue weighted by Gasteiger charge is 2.20. The van der Waals surface area contributed by atoms with Gasteiger partial charge in [-0.25, -0.2) is 8.42 Å². The maximum atomic E-state index is 12.5. The van der Waals surface area contributed by atoms with E-state index in [1.807, 2.05) is 27.7 Å². The standard InChI is InChI=1S/C15H18N2O2S/c1-10-8-15(13(4)12(3)11(10)2)20(18,19)17-14-6-5-7-16-9-14/h5-9,17H,1-4H3. The van der Waals surface area contributed by atoms with Crippen LogP contribution in [0.3, 0.4) is 0 Å². The average molecular weight is 290 g/mol. The minimum absolute atomic E-state index is 0.321. The Hall–Kier alpha value is -1.88. The summed E-state index contributed by atoms with van der Waals surface area (Å²) in [6, 6.07) is 5.08. The number of sulfonamides is 1.